The monoisotopic (exact) mass is 354 g/mol. The number of hydrogen-bond acceptors (Lipinski definition) is 5. The molecule has 132 valence electrons. The van der Waals surface area contributed by atoms with Crippen molar-refractivity contribution in [3.8, 4) is 0 Å². The molecule has 0 radical (unpaired) electrons. The summed E-state index contributed by atoms with van der Waals surface area (Å²) < 4.78 is 37.4. The van der Waals surface area contributed by atoms with Crippen LogP contribution < -0.4 is 5.32 Å². The zero-order valence-corrected chi connectivity index (χ0v) is 14.4. The van der Waals surface area contributed by atoms with Gasteiger partial charge in [0.2, 0.25) is 10.0 Å². The van der Waals surface area contributed by atoms with Crippen molar-refractivity contribution >= 4 is 21.6 Å². The van der Waals surface area contributed by atoms with E-state index in [0.717, 1.165) is 6.42 Å². The Morgan fingerprint density at radius 2 is 1.96 bits per heavy atom. The molecule has 2 fully saturated rings. The quantitative estimate of drug-likeness (QED) is 0.879. The Morgan fingerprint density at radius 3 is 2.58 bits per heavy atom. The molecule has 8 heteroatoms. The zero-order valence-electron chi connectivity index (χ0n) is 13.6. The SMILES string of the molecule is CC1CN(S(=O)(=O)c2ccc(NC(=O)C3CCCO3)cc2)CCO1. The Morgan fingerprint density at radius 1 is 1.21 bits per heavy atom. The van der Waals surface area contributed by atoms with Gasteiger partial charge in [0.1, 0.15) is 6.10 Å². The van der Waals surface area contributed by atoms with E-state index in [9.17, 15) is 13.2 Å². The minimum absolute atomic E-state index is 0.113. The van der Waals surface area contributed by atoms with Crippen LogP contribution in [0.15, 0.2) is 29.2 Å². The van der Waals surface area contributed by atoms with Crippen LogP contribution in [0.3, 0.4) is 0 Å². The van der Waals surface area contributed by atoms with E-state index in [2.05, 4.69) is 5.32 Å². The molecular formula is C16H22N2O5S. The molecule has 1 aromatic rings. The molecule has 2 heterocycles. The van der Waals surface area contributed by atoms with E-state index in [-0.39, 0.29) is 16.9 Å². The lowest BCUT2D eigenvalue weighted by Gasteiger charge is -2.30. The number of anilines is 1. The first-order chi connectivity index (χ1) is 11.5. The van der Waals surface area contributed by atoms with Crippen LogP contribution >= 0.6 is 0 Å². The summed E-state index contributed by atoms with van der Waals surface area (Å²) in [7, 11) is -3.54. The molecule has 0 spiro atoms. The number of benzene rings is 1. The van der Waals surface area contributed by atoms with E-state index in [1.165, 1.54) is 16.4 Å². The van der Waals surface area contributed by atoms with Gasteiger partial charge in [-0.25, -0.2) is 8.42 Å². The van der Waals surface area contributed by atoms with Crippen LogP contribution in [0.25, 0.3) is 0 Å². The molecule has 24 heavy (non-hydrogen) atoms. The highest BCUT2D eigenvalue weighted by Crippen LogP contribution is 2.21. The van der Waals surface area contributed by atoms with Crippen LogP contribution in [0, 0.1) is 0 Å². The molecule has 2 saturated heterocycles. The third kappa shape index (κ3) is 3.77. The number of ether oxygens (including phenoxy) is 2. The van der Waals surface area contributed by atoms with Crippen molar-refractivity contribution in [2.24, 2.45) is 0 Å². The number of sulfonamides is 1. The highest BCUT2D eigenvalue weighted by Gasteiger charge is 2.29. The maximum absolute atomic E-state index is 12.6. The maximum Gasteiger partial charge on any atom is 0.253 e. The number of morpholine rings is 1. The standard InChI is InChI=1S/C16H22N2O5S/c1-12-11-18(8-10-22-12)24(20,21)14-6-4-13(5-7-14)17-16(19)15-3-2-9-23-15/h4-7,12,15H,2-3,8-11H2,1H3,(H,17,19). The van der Waals surface area contributed by atoms with Crippen molar-refractivity contribution < 1.29 is 22.7 Å². The third-order valence-electron chi connectivity index (χ3n) is 4.19. The lowest BCUT2D eigenvalue weighted by Crippen LogP contribution is -2.44. The molecule has 0 bridgehead atoms. The summed E-state index contributed by atoms with van der Waals surface area (Å²) in [5, 5.41) is 2.76. The Labute approximate surface area is 142 Å². The average molecular weight is 354 g/mol. The van der Waals surface area contributed by atoms with Gasteiger partial charge in [-0.1, -0.05) is 0 Å². The molecule has 1 aromatic carbocycles. The fraction of sp³-hybridized carbons (Fsp3) is 0.562. The molecule has 2 aliphatic heterocycles. The van der Waals surface area contributed by atoms with Crippen molar-refractivity contribution in [3.63, 3.8) is 0 Å². The summed E-state index contributed by atoms with van der Waals surface area (Å²) in [5.74, 6) is -0.190. The van der Waals surface area contributed by atoms with Crippen molar-refractivity contribution in [3.05, 3.63) is 24.3 Å². The molecule has 7 nitrogen and oxygen atoms in total. The number of nitrogens with one attached hydrogen (secondary N) is 1. The fourth-order valence-electron chi connectivity index (χ4n) is 2.87. The molecule has 1 N–H and O–H groups in total. The van der Waals surface area contributed by atoms with Crippen molar-refractivity contribution in [2.45, 2.75) is 36.9 Å². The molecule has 2 atom stereocenters. The smallest absolute Gasteiger partial charge is 0.253 e. The van der Waals surface area contributed by atoms with Gasteiger partial charge in [-0.05, 0) is 44.0 Å². The van der Waals surface area contributed by atoms with Crippen LogP contribution in [0.1, 0.15) is 19.8 Å². The van der Waals surface area contributed by atoms with Crippen LogP contribution in [0.2, 0.25) is 0 Å². The second kappa shape index (κ2) is 7.18. The third-order valence-corrected chi connectivity index (χ3v) is 6.06. The molecule has 2 unspecified atom stereocenters. The number of rotatable bonds is 4. The van der Waals surface area contributed by atoms with Gasteiger partial charge in [0.25, 0.3) is 5.91 Å². The van der Waals surface area contributed by atoms with E-state index in [1.54, 1.807) is 12.1 Å². The van der Waals surface area contributed by atoms with E-state index >= 15 is 0 Å². The highest BCUT2D eigenvalue weighted by atomic mass is 32.2. The second-order valence-electron chi connectivity index (χ2n) is 6.06. The molecule has 2 aliphatic rings. The summed E-state index contributed by atoms with van der Waals surface area (Å²) in [4.78, 5) is 12.2. The minimum atomic E-state index is -3.54. The van der Waals surface area contributed by atoms with Crippen LogP contribution in [0.4, 0.5) is 5.69 Å². The Bertz CT molecular complexity index is 683. The first-order valence-corrected chi connectivity index (χ1v) is 9.55. The first-order valence-electron chi connectivity index (χ1n) is 8.11. The Hall–Kier alpha value is -1.48. The summed E-state index contributed by atoms with van der Waals surface area (Å²) >= 11 is 0. The number of carbonyl (C=O) groups is 1. The number of carbonyl (C=O) groups excluding carboxylic acids is 1. The lowest BCUT2D eigenvalue weighted by atomic mass is 10.2. The molecule has 0 aromatic heterocycles. The fourth-order valence-corrected chi connectivity index (χ4v) is 4.37. The molecule has 3 rings (SSSR count). The van der Waals surface area contributed by atoms with Gasteiger partial charge in [-0.15, -0.1) is 0 Å². The van der Waals surface area contributed by atoms with Gasteiger partial charge in [0.05, 0.1) is 17.6 Å². The normalized spacial score (nSPS) is 25.5. The van der Waals surface area contributed by atoms with E-state index < -0.39 is 16.1 Å². The largest absolute Gasteiger partial charge is 0.376 e. The van der Waals surface area contributed by atoms with Crippen LogP contribution in [0.5, 0.6) is 0 Å². The topological polar surface area (TPSA) is 84.9 Å². The van der Waals surface area contributed by atoms with Gasteiger partial charge < -0.3 is 14.8 Å². The van der Waals surface area contributed by atoms with Crippen molar-refractivity contribution in [2.75, 3.05) is 31.6 Å². The van der Waals surface area contributed by atoms with Crippen LogP contribution in [-0.2, 0) is 24.3 Å². The first kappa shape index (κ1) is 17.3. The van der Waals surface area contributed by atoms with Crippen molar-refractivity contribution in [1.82, 2.24) is 4.31 Å². The molecule has 0 saturated carbocycles. The second-order valence-corrected chi connectivity index (χ2v) is 8.00. The summed E-state index contributed by atoms with van der Waals surface area (Å²) in [5.41, 5.74) is 0.560. The van der Waals surface area contributed by atoms with E-state index in [4.69, 9.17) is 9.47 Å². The summed E-state index contributed by atoms with van der Waals surface area (Å²) in [6, 6.07) is 6.23. The molecule has 1 amide bonds. The van der Waals surface area contributed by atoms with Gasteiger partial charge in [0, 0.05) is 25.4 Å². The number of amides is 1. The predicted molar refractivity (Wildman–Crippen MR) is 88.2 cm³/mol. The van der Waals surface area contributed by atoms with E-state index in [0.29, 0.717) is 38.4 Å². The maximum atomic E-state index is 12.6. The lowest BCUT2D eigenvalue weighted by molar-refractivity contribution is -0.124. The number of hydrogen-bond donors (Lipinski definition) is 1. The molecular weight excluding hydrogens is 332 g/mol. The Kier molecular flexibility index (Phi) is 5.19. The molecule has 0 aliphatic carbocycles. The summed E-state index contributed by atoms with van der Waals surface area (Å²) in [6.07, 6.45) is 1.07. The average Bonchev–Trinajstić information content (AvgIpc) is 3.10. The van der Waals surface area contributed by atoms with Crippen LogP contribution in [-0.4, -0.2) is 57.1 Å². The minimum Gasteiger partial charge on any atom is -0.376 e. The highest BCUT2D eigenvalue weighted by molar-refractivity contribution is 7.89. The number of nitrogens with zero attached hydrogens (tertiary/aromatic N) is 1. The van der Waals surface area contributed by atoms with Gasteiger partial charge >= 0.3 is 0 Å². The predicted octanol–water partition coefficient (Wildman–Crippen LogP) is 1.21. The summed E-state index contributed by atoms with van der Waals surface area (Å²) in [6.45, 7) is 3.55. The van der Waals surface area contributed by atoms with E-state index in [1.807, 2.05) is 6.92 Å². The van der Waals surface area contributed by atoms with Gasteiger partial charge in [0.15, 0.2) is 0 Å². The Balaban J connectivity index is 1.68. The van der Waals surface area contributed by atoms with Gasteiger partial charge in [-0.3, -0.25) is 4.79 Å². The zero-order chi connectivity index (χ0) is 17.2. The van der Waals surface area contributed by atoms with Crippen molar-refractivity contribution in [1.29, 1.82) is 0 Å². The van der Waals surface area contributed by atoms with Gasteiger partial charge in [-0.2, -0.15) is 4.31 Å².